The van der Waals surface area contributed by atoms with Crippen molar-refractivity contribution in [3.63, 3.8) is 0 Å². The lowest BCUT2D eigenvalue weighted by Gasteiger charge is -2.26. The van der Waals surface area contributed by atoms with Crippen LogP contribution >= 0.6 is 31.9 Å². The molecule has 102 valence electrons. The Balaban J connectivity index is 3.30. The Morgan fingerprint density at radius 1 is 1.28 bits per heavy atom. The minimum absolute atomic E-state index is 0.0548. The van der Waals surface area contributed by atoms with Gasteiger partial charge in [-0.2, -0.15) is 4.31 Å². The molecule has 0 N–H and O–H groups in total. The molecule has 0 fully saturated rings. The summed E-state index contributed by atoms with van der Waals surface area (Å²) in [5.74, 6) is 0. The highest BCUT2D eigenvalue weighted by Crippen LogP contribution is 2.29. The van der Waals surface area contributed by atoms with Gasteiger partial charge >= 0.3 is 0 Å². The fourth-order valence-corrected chi connectivity index (χ4v) is 4.87. The van der Waals surface area contributed by atoms with Crippen molar-refractivity contribution in [2.75, 3.05) is 6.54 Å². The van der Waals surface area contributed by atoms with Crippen molar-refractivity contribution in [1.82, 2.24) is 4.31 Å². The van der Waals surface area contributed by atoms with Gasteiger partial charge in [0, 0.05) is 21.5 Å². The van der Waals surface area contributed by atoms with E-state index in [1.54, 1.807) is 12.1 Å². The molecule has 0 heterocycles. The van der Waals surface area contributed by atoms with Crippen LogP contribution in [0.15, 0.2) is 32.0 Å². The van der Waals surface area contributed by atoms with E-state index in [1.807, 2.05) is 26.8 Å². The molecule has 0 spiro atoms. The van der Waals surface area contributed by atoms with Crippen molar-refractivity contribution in [2.45, 2.75) is 38.1 Å². The van der Waals surface area contributed by atoms with Crippen LogP contribution in [0.4, 0.5) is 0 Å². The van der Waals surface area contributed by atoms with Crippen LogP contribution in [0.3, 0.4) is 0 Å². The summed E-state index contributed by atoms with van der Waals surface area (Å²) in [7, 11) is -3.46. The van der Waals surface area contributed by atoms with Gasteiger partial charge < -0.3 is 0 Å². The van der Waals surface area contributed by atoms with Crippen LogP contribution in [0, 0.1) is 0 Å². The van der Waals surface area contributed by atoms with Gasteiger partial charge in [-0.15, -0.1) is 0 Å². The number of hydrogen-bond donors (Lipinski definition) is 0. The molecule has 3 nitrogen and oxygen atoms in total. The highest BCUT2D eigenvalue weighted by atomic mass is 79.9. The second-order valence-electron chi connectivity index (χ2n) is 4.28. The monoisotopic (exact) mass is 397 g/mol. The largest absolute Gasteiger partial charge is 0.244 e. The molecule has 0 saturated carbocycles. The molecule has 0 atom stereocenters. The molecule has 1 aromatic rings. The maximum absolute atomic E-state index is 12.6. The highest BCUT2D eigenvalue weighted by molar-refractivity contribution is 9.11. The van der Waals surface area contributed by atoms with Crippen molar-refractivity contribution >= 4 is 41.9 Å². The van der Waals surface area contributed by atoms with E-state index < -0.39 is 10.0 Å². The lowest BCUT2D eigenvalue weighted by Crippen LogP contribution is -2.37. The van der Waals surface area contributed by atoms with Crippen LogP contribution in [-0.4, -0.2) is 25.3 Å². The van der Waals surface area contributed by atoms with Gasteiger partial charge in [0.25, 0.3) is 0 Å². The lowest BCUT2D eigenvalue weighted by atomic mass is 10.4. The van der Waals surface area contributed by atoms with Crippen LogP contribution in [0.5, 0.6) is 0 Å². The molecule has 1 aromatic carbocycles. The summed E-state index contributed by atoms with van der Waals surface area (Å²) < 4.78 is 28.1. The second kappa shape index (κ2) is 6.50. The first-order chi connectivity index (χ1) is 8.30. The molecule has 0 aliphatic carbocycles. The molecule has 0 aromatic heterocycles. The van der Waals surface area contributed by atoms with Crippen molar-refractivity contribution in [1.29, 1.82) is 0 Å². The Labute approximate surface area is 126 Å². The van der Waals surface area contributed by atoms with Crippen molar-refractivity contribution in [2.24, 2.45) is 0 Å². The molecular weight excluding hydrogens is 382 g/mol. The van der Waals surface area contributed by atoms with Gasteiger partial charge in [-0.25, -0.2) is 8.42 Å². The summed E-state index contributed by atoms with van der Waals surface area (Å²) in [6.07, 6.45) is 0.795. The summed E-state index contributed by atoms with van der Waals surface area (Å²) >= 11 is 6.62. The molecule has 0 aliphatic heterocycles. The molecular formula is C12H17Br2NO2S. The Kier molecular flexibility index (Phi) is 5.83. The second-order valence-corrected chi connectivity index (χ2v) is 7.91. The summed E-state index contributed by atoms with van der Waals surface area (Å²) in [6, 6.07) is 5.12. The quantitative estimate of drug-likeness (QED) is 0.750. The van der Waals surface area contributed by atoms with Crippen LogP contribution in [-0.2, 0) is 10.0 Å². The normalized spacial score (nSPS) is 12.4. The molecule has 0 saturated heterocycles. The van der Waals surface area contributed by atoms with Crippen LogP contribution in [0.25, 0.3) is 0 Å². The third-order valence-corrected chi connectivity index (χ3v) is 6.06. The van der Waals surface area contributed by atoms with E-state index in [9.17, 15) is 8.42 Å². The predicted molar refractivity (Wildman–Crippen MR) is 81.2 cm³/mol. The van der Waals surface area contributed by atoms with Gasteiger partial charge in [0.1, 0.15) is 0 Å². The van der Waals surface area contributed by atoms with Gasteiger partial charge in [-0.3, -0.25) is 0 Å². The fraction of sp³-hybridized carbons (Fsp3) is 0.500. The molecule has 1 rings (SSSR count). The predicted octanol–water partition coefficient (Wildman–Crippen LogP) is 4.02. The standard InChI is InChI=1S/C12H17Br2NO2S/c1-4-7-15(9(2)3)18(16,17)12-8-10(13)5-6-11(12)14/h5-6,8-9H,4,7H2,1-3H3. The zero-order valence-electron chi connectivity index (χ0n) is 10.7. The Morgan fingerprint density at radius 2 is 1.89 bits per heavy atom. The number of halogens is 2. The van der Waals surface area contributed by atoms with Gasteiger partial charge in [-0.1, -0.05) is 22.9 Å². The van der Waals surface area contributed by atoms with E-state index >= 15 is 0 Å². The molecule has 0 bridgehead atoms. The topological polar surface area (TPSA) is 37.4 Å². The van der Waals surface area contributed by atoms with Crippen molar-refractivity contribution in [3.8, 4) is 0 Å². The summed E-state index contributed by atoms with van der Waals surface area (Å²) in [5.41, 5.74) is 0. The highest BCUT2D eigenvalue weighted by Gasteiger charge is 2.28. The van der Waals surface area contributed by atoms with Gasteiger partial charge in [0.2, 0.25) is 10.0 Å². The Bertz CT molecular complexity index is 515. The average Bonchev–Trinajstić information content (AvgIpc) is 2.28. The first kappa shape index (κ1) is 16.1. The lowest BCUT2D eigenvalue weighted by molar-refractivity contribution is 0.354. The number of nitrogens with zero attached hydrogens (tertiary/aromatic N) is 1. The van der Waals surface area contributed by atoms with E-state index in [1.165, 1.54) is 4.31 Å². The number of benzene rings is 1. The van der Waals surface area contributed by atoms with Gasteiger partial charge in [-0.05, 0) is 54.4 Å². The molecule has 18 heavy (non-hydrogen) atoms. The first-order valence-electron chi connectivity index (χ1n) is 5.77. The third kappa shape index (κ3) is 3.56. The summed E-state index contributed by atoms with van der Waals surface area (Å²) in [4.78, 5) is 0.305. The molecule has 0 unspecified atom stereocenters. The maximum Gasteiger partial charge on any atom is 0.244 e. The van der Waals surface area contributed by atoms with E-state index in [0.29, 0.717) is 15.9 Å². The molecule has 0 amide bonds. The van der Waals surface area contributed by atoms with Crippen LogP contribution in [0.2, 0.25) is 0 Å². The van der Waals surface area contributed by atoms with Gasteiger partial charge in [0.05, 0.1) is 4.90 Å². The summed E-state index contributed by atoms with van der Waals surface area (Å²) in [6.45, 7) is 6.28. The average molecular weight is 399 g/mol. The minimum atomic E-state index is -3.46. The number of sulfonamides is 1. The van der Waals surface area contributed by atoms with E-state index in [0.717, 1.165) is 10.9 Å². The van der Waals surface area contributed by atoms with Gasteiger partial charge in [0.15, 0.2) is 0 Å². The number of rotatable bonds is 5. The maximum atomic E-state index is 12.6. The van der Waals surface area contributed by atoms with E-state index in [4.69, 9.17) is 0 Å². The van der Waals surface area contributed by atoms with E-state index in [2.05, 4.69) is 31.9 Å². The van der Waals surface area contributed by atoms with Crippen molar-refractivity contribution < 1.29 is 8.42 Å². The Hall–Kier alpha value is 0.0900. The van der Waals surface area contributed by atoms with Crippen LogP contribution in [0.1, 0.15) is 27.2 Å². The first-order valence-corrected chi connectivity index (χ1v) is 8.80. The molecule has 0 radical (unpaired) electrons. The van der Waals surface area contributed by atoms with E-state index in [-0.39, 0.29) is 6.04 Å². The third-order valence-electron chi connectivity index (χ3n) is 2.50. The van der Waals surface area contributed by atoms with Crippen LogP contribution < -0.4 is 0 Å². The number of hydrogen-bond acceptors (Lipinski definition) is 2. The van der Waals surface area contributed by atoms with Crippen molar-refractivity contribution in [3.05, 3.63) is 27.1 Å². The summed E-state index contributed by atoms with van der Waals surface area (Å²) in [5, 5.41) is 0. The Morgan fingerprint density at radius 3 is 2.39 bits per heavy atom. The minimum Gasteiger partial charge on any atom is -0.207 e. The molecule has 0 aliphatic rings. The fourth-order valence-electron chi connectivity index (χ4n) is 1.68. The zero-order valence-corrected chi connectivity index (χ0v) is 14.6. The SMILES string of the molecule is CCCN(C(C)C)S(=O)(=O)c1cc(Br)ccc1Br. The zero-order chi connectivity index (χ0) is 13.9. The molecule has 6 heteroatoms. The smallest absolute Gasteiger partial charge is 0.207 e.